The second kappa shape index (κ2) is 5.85. The third kappa shape index (κ3) is 4.66. The fraction of sp³-hybridized carbons (Fsp3) is 0. The molecule has 0 saturated heterocycles. The van der Waals surface area contributed by atoms with E-state index in [1.807, 2.05) is 6.07 Å². The summed E-state index contributed by atoms with van der Waals surface area (Å²) in [5.41, 5.74) is 0. The average Bonchev–Trinajstić information content (AvgIpc) is 1.88. The zero-order chi connectivity index (χ0) is 7.40. The smallest absolute Gasteiger partial charge is 0.128 e. The Morgan fingerprint density at radius 1 is 1.09 bits per heavy atom. The van der Waals surface area contributed by atoms with Crippen molar-refractivity contribution in [2.45, 2.75) is 4.90 Å². The molecule has 0 amide bonds. The van der Waals surface area contributed by atoms with Gasteiger partial charge in [-0.3, -0.25) is 0 Å². The predicted molar refractivity (Wildman–Crippen MR) is 46.7 cm³/mol. The maximum absolute atomic E-state index is 10.1. The predicted octanol–water partition coefficient (Wildman–Crippen LogP) is 0.541. The first-order valence-electron chi connectivity index (χ1n) is 2.61. The van der Waals surface area contributed by atoms with E-state index in [1.165, 1.54) is 0 Å². The van der Waals surface area contributed by atoms with E-state index in [-0.39, 0.29) is 29.6 Å². The first-order chi connectivity index (χ1) is 4.79. The average molecular weight is 196 g/mol. The normalized spacial score (nSPS) is 8.00. The molecule has 0 N–H and O–H groups in total. The van der Waals surface area contributed by atoms with Gasteiger partial charge in [-0.25, -0.2) is 0 Å². The van der Waals surface area contributed by atoms with Gasteiger partial charge in [-0.05, 0) is 0 Å². The van der Waals surface area contributed by atoms with Crippen LogP contribution in [0.15, 0.2) is 35.2 Å². The van der Waals surface area contributed by atoms with Crippen LogP contribution in [0.5, 0.6) is 0 Å². The number of hydrogen-bond donors (Lipinski definition) is 0. The summed E-state index contributed by atoms with van der Waals surface area (Å²) < 4.78 is 20.3. The molecular formula is C6H5NaO2S2+. The van der Waals surface area contributed by atoms with Gasteiger partial charge in [-0.15, -0.1) is 8.42 Å². The van der Waals surface area contributed by atoms with Gasteiger partial charge in [-0.2, -0.15) is 0 Å². The van der Waals surface area contributed by atoms with Gasteiger partial charge in [-0.1, -0.05) is 18.2 Å². The Labute approximate surface area is 92.1 Å². The molecule has 53 valence electrons. The van der Waals surface area contributed by atoms with E-state index in [1.54, 1.807) is 24.3 Å². The van der Waals surface area contributed by atoms with Crippen LogP contribution < -0.4 is 0 Å². The molecule has 0 heterocycles. The summed E-state index contributed by atoms with van der Waals surface area (Å²) in [5.74, 6) is 0. The van der Waals surface area contributed by atoms with Gasteiger partial charge in [0.2, 0.25) is 0 Å². The van der Waals surface area contributed by atoms with Crippen LogP contribution in [0.1, 0.15) is 0 Å². The summed E-state index contributed by atoms with van der Waals surface area (Å²) in [4.78, 5) is 0.746. The van der Waals surface area contributed by atoms with Crippen molar-refractivity contribution in [2.24, 2.45) is 0 Å². The summed E-state index contributed by atoms with van der Waals surface area (Å²) >= 11 is 0. The molecule has 0 fully saturated rings. The van der Waals surface area contributed by atoms with Gasteiger partial charge in [0.05, 0.1) is 0 Å². The third-order valence-electron chi connectivity index (χ3n) is 0.907. The molecule has 1 rings (SSSR count). The second-order valence-corrected chi connectivity index (χ2v) is 3.96. The summed E-state index contributed by atoms with van der Waals surface area (Å²) in [6.45, 7) is 0. The molecule has 0 spiro atoms. The molecule has 11 heavy (non-hydrogen) atoms. The minimum absolute atomic E-state index is 0. The van der Waals surface area contributed by atoms with E-state index in [9.17, 15) is 8.42 Å². The first kappa shape index (κ1) is 11.3. The number of hydrogen-bond acceptors (Lipinski definition) is 2. The fourth-order valence-corrected chi connectivity index (χ4v) is 1.78. The second-order valence-electron chi connectivity index (χ2n) is 1.60. The van der Waals surface area contributed by atoms with Crippen LogP contribution in [-0.4, -0.2) is 38.0 Å². The maximum Gasteiger partial charge on any atom is 0.478 e. The molecular weight excluding hydrogens is 191 g/mol. The zero-order valence-corrected chi connectivity index (χ0v) is 9.65. The fourth-order valence-electron chi connectivity index (χ4n) is 0.555. The summed E-state index contributed by atoms with van der Waals surface area (Å²) in [6, 6.07) is 8.95. The molecule has 1 aromatic carbocycles. The van der Waals surface area contributed by atoms with Crippen LogP contribution in [0.4, 0.5) is 0 Å². The number of rotatable bonds is 1. The standard InChI is InChI=1S/C6H5O2S2.Na/c7-10(8)9-6-4-2-1-3-5-6;/h1-5H;/q+1;. The van der Waals surface area contributed by atoms with E-state index in [4.69, 9.17) is 0 Å². The van der Waals surface area contributed by atoms with Gasteiger partial charge in [0.1, 0.15) is 0 Å². The molecule has 2 nitrogen and oxygen atoms in total. The molecule has 1 radical (unpaired) electrons. The summed E-state index contributed by atoms with van der Waals surface area (Å²) in [7, 11) is -1.23. The molecule has 0 aliphatic heterocycles. The van der Waals surface area contributed by atoms with Crippen LogP contribution >= 0.6 is 0 Å². The van der Waals surface area contributed by atoms with Crippen LogP contribution in [0.3, 0.4) is 0 Å². The summed E-state index contributed by atoms with van der Waals surface area (Å²) in [6.07, 6.45) is 0. The van der Waals surface area contributed by atoms with E-state index in [0.717, 1.165) is 15.2 Å². The Kier molecular flexibility index (Phi) is 5.99. The van der Waals surface area contributed by atoms with E-state index in [0.29, 0.717) is 0 Å². The maximum atomic E-state index is 10.1. The van der Waals surface area contributed by atoms with Crippen LogP contribution in [0, 0.1) is 0 Å². The monoisotopic (exact) mass is 196 g/mol. The Morgan fingerprint density at radius 3 is 2.09 bits per heavy atom. The summed E-state index contributed by atoms with van der Waals surface area (Å²) in [5, 5.41) is 0. The van der Waals surface area contributed by atoms with Gasteiger partial charge < -0.3 is 0 Å². The van der Waals surface area contributed by atoms with Gasteiger partial charge in [0.15, 0.2) is 0 Å². The van der Waals surface area contributed by atoms with Crippen molar-refractivity contribution < 1.29 is 8.42 Å². The third-order valence-corrected chi connectivity index (χ3v) is 2.49. The number of benzene rings is 1. The van der Waals surface area contributed by atoms with Crippen molar-refractivity contribution in [3.05, 3.63) is 30.3 Å². The molecule has 0 bridgehead atoms. The van der Waals surface area contributed by atoms with Crippen LogP contribution in [0.25, 0.3) is 0 Å². The molecule has 0 atom stereocenters. The molecule has 0 aromatic heterocycles. The molecule has 0 aliphatic rings. The van der Waals surface area contributed by atoms with Gasteiger partial charge >= 0.3 is 19.6 Å². The minimum Gasteiger partial charge on any atom is -0.128 e. The van der Waals surface area contributed by atoms with Crippen molar-refractivity contribution in [2.75, 3.05) is 0 Å². The van der Waals surface area contributed by atoms with Crippen molar-refractivity contribution in [1.29, 1.82) is 0 Å². The van der Waals surface area contributed by atoms with Crippen molar-refractivity contribution >= 4 is 49.1 Å². The Bertz CT molecular complexity index is 323. The van der Waals surface area contributed by atoms with E-state index >= 15 is 0 Å². The first-order valence-corrected chi connectivity index (χ1v) is 5.02. The van der Waals surface area contributed by atoms with E-state index in [2.05, 4.69) is 0 Å². The van der Waals surface area contributed by atoms with E-state index < -0.39 is 9.26 Å². The van der Waals surface area contributed by atoms with Crippen molar-refractivity contribution in [3.8, 4) is 0 Å². The van der Waals surface area contributed by atoms with Crippen molar-refractivity contribution in [1.82, 2.24) is 0 Å². The molecule has 1 aromatic rings. The molecule has 0 aliphatic carbocycles. The quantitative estimate of drug-likeness (QED) is 0.485. The largest absolute Gasteiger partial charge is 0.478 e. The topological polar surface area (TPSA) is 34.1 Å². The van der Waals surface area contributed by atoms with Gasteiger partial charge in [0, 0.05) is 41.7 Å². The van der Waals surface area contributed by atoms with Gasteiger partial charge in [0.25, 0.3) is 4.90 Å². The SMILES string of the molecule is O=S(=O)=[S+]c1ccccc1.[Na]. The Hall–Kier alpha value is 0.260. The minimum atomic E-state index is -2.05. The Morgan fingerprint density at radius 2 is 1.64 bits per heavy atom. The van der Waals surface area contributed by atoms with Crippen molar-refractivity contribution in [3.63, 3.8) is 0 Å². The van der Waals surface area contributed by atoms with Crippen LogP contribution in [0.2, 0.25) is 0 Å². The zero-order valence-electron chi connectivity index (χ0n) is 6.02. The molecule has 0 unspecified atom stereocenters. The molecule has 0 saturated carbocycles. The Balaban J connectivity index is 0.000001000. The molecule has 5 heteroatoms. The van der Waals surface area contributed by atoms with Crippen LogP contribution in [-0.2, 0) is 19.6 Å².